The van der Waals surface area contributed by atoms with Crippen molar-refractivity contribution >= 4 is 5.91 Å². The van der Waals surface area contributed by atoms with E-state index in [0.717, 1.165) is 26.1 Å². The lowest BCUT2D eigenvalue weighted by atomic mass is 9.86. The third-order valence-electron chi connectivity index (χ3n) is 5.83. The van der Waals surface area contributed by atoms with E-state index in [9.17, 15) is 4.79 Å². The number of aliphatic hydroxyl groups excluding tert-OH is 1. The molecule has 1 saturated heterocycles. The van der Waals surface area contributed by atoms with Gasteiger partial charge in [0.2, 0.25) is 6.29 Å². The molecule has 1 aromatic rings. The molecule has 0 aromatic heterocycles. The van der Waals surface area contributed by atoms with Crippen LogP contribution in [0, 0.1) is 11.8 Å². The van der Waals surface area contributed by atoms with Crippen LogP contribution < -0.4 is 0 Å². The van der Waals surface area contributed by atoms with Crippen LogP contribution in [0.4, 0.5) is 0 Å². The molecule has 1 fully saturated rings. The summed E-state index contributed by atoms with van der Waals surface area (Å²) >= 11 is 0. The van der Waals surface area contributed by atoms with Gasteiger partial charge in [-0.15, -0.1) is 0 Å². The molecule has 0 saturated carbocycles. The predicted octanol–water partition coefficient (Wildman–Crippen LogP) is 2.63. The fourth-order valence-electron chi connectivity index (χ4n) is 4.14. The summed E-state index contributed by atoms with van der Waals surface area (Å²) in [6.45, 7) is 8.76. The van der Waals surface area contributed by atoms with Gasteiger partial charge in [-0.25, -0.2) is 0 Å². The minimum atomic E-state index is -0.426. The van der Waals surface area contributed by atoms with Gasteiger partial charge in [0.05, 0.1) is 0 Å². The molecule has 0 bridgehead atoms. The molecule has 2 aliphatic rings. The van der Waals surface area contributed by atoms with Crippen molar-refractivity contribution in [2.45, 2.75) is 39.5 Å². The maximum Gasteiger partial charge on any atom is 0.288 e. The minimum absolute atomic E-state index is 0.0403. The number of piperazine rings is 1. The molecule has 0 aliphatic carbocycles. The maximum absolute atomic E-state index is 13.1. The summed E-state index contributed by atoms with van der Waals surface area (Å²) in [6.07, 6.45) is 3.04. The highest BCUT2D eigenvalue weighted by molar-refractivity contribution is 5.91. The first-order chi connectivity index (χ1) is 14.1. The zero-order valence-electron chi connectivity index (χ0n) is 17.6. The van der Waals surface area contributed by atoms with E-state index in [2.05, 4.69) is 36.1 Å². The number of carbonyl (C=O) groups excluding carboxylic acids is 1. The van der Waals surface area contributed by atoms with Gasteiger partial charge >= 0.3 is 0 Å². The van der Waals surface area contributed by atoms with Gasteiger partial charge in [0.1, 0.15) is 0 Å². The highest BCUT2D eigenvalue weighted by Crippen LogP contribution is 2.33. The Balaban J connectivity index is 1.57. The third-order valence-corrected chi connectivity index (χ3v) is 5.83. The summed E-state index contributed by atoms with van der Waals surface area (Å²) in [7, 11) is 0. The molecular weight excluding hydrogens is 368 g/mol. The Kier molecular flexibility index (Phi) is 8.09. The quantitative estimate of drug-likeness (QED) is 0.724. The van der Waals surface area contributed by atoms with E-state index in [4.69, 9.17) is 14.6 Å². The fourth-order valence-corrected chi connectivity index (χ4v) is 4.14. The number of nitrogens with zero attached hydrogens (tertiary/aromatic N) is 2. The molecule has 0 spiro atoms. The van der Waals surface area contributed by atoms with Crippen LogP contribution >= 0.6 is 0 Å². The highest BCUT2D eigenvalue weighted by Gasteiger charge is 2.36. The molecule has 6 nitrogen and oxygen atoms in total. The predicted molar refractivity (Wildman–Crippen MR) is 112 cm³/mol. The Bertz CT molecular complexity index is 671. The lowest BCUT2D eigenvalue weighted by molar-refractivity contribution is -0.175. The maximum atomic E-state index is 13.1. The van der Waals surface area contributed by atoms with E-state index in [0.29, 0.717) is 31.9 Å². The fraction of sp³-hybridized carbons (Fsp3) is 0.609. The molecule has 160 valence electrons. The zero-order chi connectivity index (χ0) is 20.6. The standard InChI is InChI=1S/C23H34N2O4/c1-3-28-23-20(10-7-15-26)18(2)16-21(29-23)22(27)25-13-11-24(12-14-25)17-19-8-5-4-6-9-19/h4-6,8-9,16,18,20,23,26H,3,7,10-15,17H2,1-2H3/t18-,20+,23+/m1/s1. The van der Waals surface area contributed by atoms with Gasteiger partial charge in [-0.05, 0) is 37.3 Å². The van der Waals surface area contributed by atoms with Crippen LogP contribution in [0.5, 0.6) is 0 Å². The molecule has 3 rings (SSSR count). The number of hydrogen-bond donors (Lipinski definition) is 1. The molecule has 6 heteroatoms. The third kappa shape index (κ3) is 5.81. The van der Waals surface area contributed by atoms with Crippen LogP contribution in [0.15, 0.2) is 42.2 Å². The second kappa shape index (κ2) is 10.8. The Hall–Kier alpha value is -1.89. The Morgan fingerprint density at radius 1 is 1.21 bits per heavy atom. The van der Waals surface area contributed by atoms with Gasteiger partial charge in [0.25, 0.3) is 5.91 Å². The van der Waals surface area contributed by atoms with Crippen molar-refractivity contribution < 1.29 is 19.4 Å². The van der Waals surface area contributed by atoms with Crippen molar-refractivity contribution in [1.82, 2.24) is 9.80 Å². The number of carbonyl (C=O) groups is 1. The molecule has 0 unspecified atom stereocenters. The van der Waals surface area contributed by atoms with Crippen molar-refractivity contribution in [3.05, 3.63) is 47.7 Å². The molecule has 29 heavy (non-hydrogen) atoms. The smallest absolute Gasteiger partial charge is 0.288 e. The van der Waals surface area contributed by atoms with Gasteiger partial charge in [-0.3, -0.25) is 9.69 Å². The van der Waals surface area contributed by atoms with Crippen molar-refractivity contribution in [3.8, 4) is 0 Å². The molecule has 1 amide bonds. The summed E-state index contributed by atoms with van der Waals surface area (Å²) in [5.41, 5.74) is 1.30. The van der Waals surface area contributed by atoms with Gasteiger partial charge in [-0.2, -0.15) is 0 Å². The molecule has 2 aliphatic heterocycles. The van der Waals surface area contributed by atoms with Crippen LogP contribution in [-0.4, -0.2) is 66.5 Å². The molecule has 1 aromatic carbocycles. The van der Waals surface area contributed by atoms with E-state index in [1.165, 1.54) is 5.56 Å². The lowest BCUT2D eigenvalue weighted by Crippen LogP contribution is -2.49. The van der Waals surface area contributed by atoms with Crippen molar-refractivity contribution in [3.63, 3.8) is 0 Å². The number of aliphatic hydroxyl groups is 1. The summed E-state index contributed by atoms with van der Waals surface area (Å²) < 4.78 is 11.8. The average molecular weight is 403 g/mol. The second-order valence-electron chi connectivity index (χ2n) is 7.92. The topological polar surface area (TPSA) is 62.2 Å². The van der Waals surface area contributed by atoms with Crippen LogP contribution in [0.3, 0.4) is 0 Å². The van der Waals surface area contributed by atoms with Crippen LogP contribution in [0.25, 0.3) is 0 Å². The van der Waals surface area contributed by atoms with E-state index < -0.39 is 6.29 Å². The van der Waals surface area contributed by atoms with Crippen LogP contribution in [0.1, 0.15) is 32.3 Å². The molecule has 1 N–H and O–H groups in total. The number of hydrogen-bond acceptors (Lipinski definition) is 5. The van der Waals surface area contributed by atoms with E-state index in [1.807, 2.05) is 24.0 Å². The van der Waals surface area contributed by atoms with Crippen molar-refractivity contribution in [1.29, 1.82) is 0 Å². The Morgan fingerprint density at radius 2 is 1.93 bits per heavy atom. The monoisotopic (exact) mass is 402 g/mol. The van der Waals surface area contributed by atoms with Crippen LogP contribution in [0.2, 0.25) is 0 Å². The molecule has 3 atom stereocenters. The Morgan fingerprint density at radius 3 is 2.59 bits per heavy atom. The number of benzene rings is 1. The molecule has 2 heterocycles. The average Bonchev–Trinajstić information content (AvgIpc) is 2.74. The van der Waals surface area contributed by atoms with E-state index >= 15 is 0 Å². The zero-order valence-corrected chi connectivity index (χ0v) is 17.6. The van der Waals surface area contributed by atoms with Crippen molar-refractivity contribution in [2.75, 3.05) is 39.4 Å². The summed E-state index contributed by atoms with van der Waals surface area (Å²) in [5.74, 6) is 0.695. The van der Waals surface area contributed by atoms with Gasteiger partial charge in [-0.1, -0.05) is 37.3 Å². The van der Waals surface area contributed by atoms with E-state index in [1.54, 1.807) is 0 Å². The number of rotatable bonds is 8. The normalized spacial score (nSPS) is 25.4. The first kappa shape index (κ1) is 21.8. The first-order valence-electron chi connectivity index (χ1n) is 10.8. The summed E-state index contributed by atoms with van der Waals surface area (Å²) in [4.78, 5) is 17.3. The lowest BCUT2D eigenvalue weighted by Gasteiger charge is -2.38. The minimum Gasteiger partial charge on any atom is -0.459 e. The van der Waals surface area contributed by atoms with Gasteiger partial charge in [0.15, 0.2) is 5.76 Å². The number of allylic oxidation sites excluding steroid dienone is 1. The Labute approximate surface area is 174 Å². The van der Waals surface area contributed by atoms with Crippen LogP contribution in [-0.2, 0) is 20.8 Å². The van der Waals surface area contributed by atoms with E-state index in [-0.39, 0.29) is 24.3 Å². The highest BCUT2D eigenvalue weighted by atomic mass is 16.7. The SMILES string of the molecule is CCO[C@H]1OC(C(=O)N2CCN(Cc3ccccc3)CC2)=C[C@@H](C)[C@@H]1CCCO. The first-order valence-corrected chi connectivity index (χ1v) is 10.8. The number of amides is 1. The van der Waals surface area contributed by atoms with Gasteiger partial charge in [0, 0.05) is 51.9 Å². The van der Waals surface area contributed by atoms with Crippen molar-refractivity contribution in [2.24, 2.45) is 11.8 Å². The molecular formula is C23H34N2O4. The number of ether oxygens (including phenoxy) is 2. The largest absolute Gasteiger partial charge is 0.459 e. The molecule has 0 radical (unpaired) electrons. The second-order valence-corrected chi connectivity index (χ2v) is 7.92. The summed E-state index contributed by atoms with van der Waals surface area (Å²) in [6, 6.07) is 10.4. The summed E-state index contributed by atoms with van der Waals surface area (Å²) in [5, 5.41) is 9.16. The van der Waals surface area contributed by atoms with Gasteiger partial charge < -0.3 is 19.5 Å².